The highest BCUT2D eigenvalue weighted by atomic mass is 32.2. The number of ketones is 1. The second kappa shape index (κ2) is 11.0. The molecule has 0 saturated heterocycles. The Morgan fingerprint density at radius 2 is 1.53 bits per heavy atom. The number of thioether (sulfide) groups is 1. The first kappa shape index (κ1) is 26.4. The smallest absolute Gasteiger partial charge is 0.258 e. The fourth-order valence-electron chi connectivity index (χ4n) is 4.80. The van der Waals surface area contributed by atoms with Crippen LogP contribution in [0.4, 0.5) is 0 Å². The van der Waals surface area contributed by atoms with Gasteiger partial charge in [-0.2, -0.15) is 0 Å². The van der Waals surface area contributed by atoms with Gasteiger partial charge in [0.15, 0.2) is 5.78 Å². The summed E-state index contributed by atoms with van der Waals surface area (Å²) in [5, 5.41) is 21.5. The van der Waals surface area contributed by atoms with Crippen molar-refractivity contribution in [3.05, 3.63) is 70.4 Å². The summed E-state index contributed by atoms with van der Waals surface area (Å²) in [6.45, 7) is 13.5. The molecule has 0 aliphatic heterocycles. The van der Waals surface area contributed by atoms with E-state index in [0.29, 0.717) is 27.1 Å². The average molecular weight is 515 g/mol. The molecule has 34 heavy (non-hydrogen) atoms. The highest BCUT2D eigenvalue weighted by Crippen LogP contribution is 2.45. The third-order valence-electron chi connectivity index (χ3n) is 6.37. The molecule has 1 heterocycles. The summed E-state index contributed by atoms with van der Waals surface area (Å²) >= 11 is 2.74. The molecule has 0 aliphatic rings. The number of aromatic hydroxyl groups is 2. The van der Waals surface area contributed by atoms with Crippen LogP contribution in [0.5, 0.6) is 17.2 Å². The highest BCUT2D eigenvalue weighted by molar-refractivity contribution is 8.00. The van der Waals surface area contributed by atoms with E-state index in [-0.39, 0.29) is 17.3 Å². The Morgan fingerprint density at radius 1 is 0.912 bits per heavy atom. The van der Waals surface area contributed by atoms with Gasteiger partial charge < -0.3 is 14.6 Å². The quantitative estimate of drug-likeness (QED) is 0.123. The van der Waals surface area contributed by atoms with Crippen molar-refractivity contribution in [2.45, 2.75) is 68.3 Å². The topological polar surface area (TPSA) is 66.8 Å². The van der Waals surface area contributed by atoms with Crippen LogP contribution in [-0.4, -0.2) is 24.3 Å². The van der Waals surface area contributed by atoms with Gasteiger partial charge in [0.2, 0.25) is 0 Å². The van der Waals surface area contributed by atoms with E-state index < -0.39 is 13.6 Å². The summed E-state index contributed by atoms with van der Waals surface area (Å²) in [7, 11) is -2.08. The molecule has 4 nitrogen and oxygen atoms in total. The van der Waals surface area contributed by atoms with E-state index >= 15 is 0 Å². The number of Topliss-reactive ketones (excluding diaryl/α,β-unsaturated/α-hetero) is 1. The van der Waals surface area contributed by atoms with Gasteiger partial charge in [0.1, 0.15) is 22.5 Å². The lowest BCUT2D eigenvalue weighted by Gasteiger charge is -2.42. The van der Waals surface area contributed by atoms with Gasteiger partial charge in [-0.05, 0) is 70.5 Å². The van der Waals surface area contributed by atoms with Gasteiger partial charge in [0.05, 0.1) is 4.90 Å². The Balaban J connectivity index is 1.89. The van der Waals surface area contributed by atoms with E-state index in [1.54, 1.807) is 0 Å². The van der Waals surface area contributed by atoms with Crippen molar-refractivity contribution in [2.24, 2.45) is 0 Å². The lowest BCUT2D eigenvalue weighted by molar-refractivity contribution is 0.0990. The van der Waals surface area contributed by atoms with Crippen molar-refractivity contribution in [2.75, 3.05) is 0 Å². The summed E-state index contributed by atoms with van der Waals surface area (Å²) in [5.74, 6) is 0.845. The first-order valence-electron chi connectivity index (χ1n) is 11.6. The van der Waals surface area contributed by atoms with Crippen LogP contribution in [0.2, 0.25) is 16.6 Å². The summed E-state index contributed by atoms with van der Waals surface area (Å²) in [4.78, 5) is 14.9. The molecule has 2 N–H and O–H groups in total. The lowest BCUT2D eigenvalue weighted by atomic mass is 10.1. The van der Waals surface area contributed by atoms with Crippen LogP contribution in [0.1, 0.15) is 62.0 Å². The predicted octanol–water partition coefficient (Wildman–Crippen LogP) is 8.43. The molecule has 0 radical (unpaired) electrons. The molecule has 0 aliphatic carbocycles. The van der Waals surface area contributed by atoms with Crippen LogP contribution in [0.15, 0.2) is 64.9 Å². The van der Waals surface area contributed by atoms with E-state index in [2.05, 4.69) is 41.5 Å². The minimum absolute atomic E-state index is 0.0401. The number of thiophene rings is 1. The van der Waals surface area contributed by atoms with E-state index in [9.17, 15) is 15.0 Å². The zero-order valence-electron chi connectivity index (χ0n) is 20.6. The number of carbonyl (C=O) groups is 1. The fourth-order valence-corrected chi connectivity index (χ4v) is 12.1. The molecule has 0 saturated carbocycles. The number of phenolic OH excluding ortho intramolecular Hbond substituents is 2. The zero-order valence-corrected chi connectivity index (χ0v) is 23.2. The van der Waals surface area contributed by atoms with Crippen molar-refractivity contribution >= 4 is 37.2 Å². The van der Waals surface area contributed by atoms with Crippen LogP contribution in [0, 0.1) is 0 Å². The molecule has 1 unspecified atom stereocenters. The number of hydrogen-bond donors (Lipinski definition) is 2. The number of benzene rings is 2. The van der Waals surface area contributed by atoms with Gasteiger partial charge in [-0.1, -0.05) is 47.6 Å². The Kier molecular flexibility index (Phi) is 8.55. The molecule has 2 aromatic carbocycles. The van der Waals surface area contributed by atoms with Crippen molar-refractivity contribution in [3.8, 4) is 17.2 Å². The maximum atomic E-state index is 13.6. The molecule has 1 atom stereocenters. The monoisotopic (exact) mass is 514 g/mol. The summed E-state index contributed by atoms with van der Waals surface area (Å²) in [5.41, 5.74) is 1.97. The second-order valence-corrected chi connectivity index (χ2v) is 17.0. The molecule has 1 aromatic heterocycles. The number of hydrogen-bond acceptors (Lipinski definition) is 6. The van der Waals surface area contributed by atoms with Crippen LogP contribution < -0.4 is 4.43 Å². The second-order valence-electron chi connectivity index (χ2n) is 9.47. The predicted molar refractivity (Wildman–Crippen MR) is 145 cm³/mol. The van der Waals surface area contributed by atoms with Crippen LogP contribution in [-0.2, 0) is 0 Å². The molecular weight excluding hydrogens is 481 g/mol. The maximum Gasteiger partial charge on any atom is 0.258 e. The third kappa shape index (κ3) is 5.53. The van der Waals surface area contributed by atoms with Crippen LogP contribution in [0.3, 0.4) is 0 Å². The molecule has 0 fully saturated rings. The van der Waals surface area contributed by atoms with E-state index in [1.165, 1.54) is 41.3 Å². The largest absolute Gasteiger partial charge is 0.543 e. The fraction of sp³-hybridized carbons (Fsp3) is 0.370. The van der Waals surface area contributed by atoms with Crippen molar-refractivity contribution in [3.63, 3.8) is 0 Å². The number of carbonyl (C=O) groups excluding carboxylic acids is 1. The van der Waals surface area contributed by atoms with Gasteiger partial charge in [-0.25, -0.2) is 0 Å². The Bertz CT molecular complexity index is 1070. The molecule has 182 valence electrons. The number of rotatable bonds is 10. The van der Waals surface area contributed by atoms with Crippen molar-refractivity contribution in [1.82, 2.24) is 0 Å². The SMILES string of the molecule is CC(C)[Si](Oc1ccc(C(=O)C(Sc2cc(O)ccc2O)c2cccs2)cc1)(C(C)C)C(C)C. The average Bonchev–Trinajstić information content (AvgIpc) is 3.32. The van der Waals surface area contributed by atoms with Gasteiger partial charge in [0.25, 0.3) is 8.32 Å². The van der Waals surface area contributed by atoms with Gasteiger partial charge >= 0.3 is 0 Å². The van der Waals surface area contributed by atoms with E-state index in [4.69, 9.17) is 4.43 Å². The van der Waals surface area contributed by atoms with E-state index in [1.807, 2.05) is 41.8 Å². The minimum Gasteiger partial charge on any atom is -0.543 e. The zero-order chi connectivity index (χ0) is 25.0. The summed E-state index contributed by atoms with van der Waals surface area (Å²) in [6.07, 6.45) is 0. The molecular formula is C27H34O4S2Si. The Labute approximate surface area is 212 Å². The van der Waals surface area contributed by atoms with Crippen LogP contribution in [0.25, 0.3) is 0 Å². The van der Waals surface area contributed by atoms with Gasteiger partial charge in [-0.15, -0.1) is 23.1 Å². The minimum atomic E-state index is -2.08. The van der Waals surface area contributed by atoms with Gasteiger partial charge in [-0.3, -0.25) is 4.79 Å². The Hall–Kier alpha value is -2.22. The first-order valence-corrected chi connectivity index (χ1v) is 15.5. The Morgan fingerprint density at radius 3 is 2.06 bits per heavy atom. The van der Waals surface area contributed by atoms with E-state index in [0.717, 1.165) is 10.6 Å². The molecule has 0 bridgehead atoms. The standard InChI is InChI=1S/C27H34O4S2Si/c1-17(2)34(18(3)4,19(5)6)31-22-12-9-20(10-13-22)26(30)27(24-8-7-15-32-24)33-25-16-21(28)11-14-23(25)29/h7-19,27-29H,1-6H3. The normalized spacial score (nSPS) is 13.0. The lowest BCUT2D eigenvalue weighted by Crippen LogP contribution is -2.50. The van der Waals surface area contributed by atoms with Crippen molar-refractivity contribution < 1.29 is 19.4 Å². The number of phenols is 2. The molecule has 0 amide bonds. The first-order chi connectivity index (χ1) is 16.1. The summed E-state index contributed by atoms with van der Waals surface area (Å²) < 4.78 is 6.74. The molecule has 0 spiro atoms. The maximum absolute atomic E-state index is 13.6. The molecule has 3 aromatic rings. The molecule has 3 rings (SSSR count). The summed E-state index contributed by atoms with van der Waals surface area (Å²) in [6, 6.07) is 15.7. The third-order valence-corrected chi connectivity index (χ3v) is 14.7. The van der Waals surface area contributed by atoms with Crippen LogP contribution >= 0.6 is 23.1 Å². The highest BCUT2D eigenvalue weighted by Gasteiger charge is 2.47. The van der Waals surface area contributed by atoms with Crippen molar-refractivity contribution in [1.29, 1.82) is 0 Å². The van der Waals surface area contributed by atoms with Gasteiger partial charge in [0, 0.05) is 10.4 Å². The molecule has 7 heteroatoms.